The average Bonchev–Trinajstić information content (AvgIpc) is 2.85. The van der Waals surface area contributed by atoms with Gasteiger partial charge in [-0.1, -0.05) is 30.3 Å². The van der Waals surface area contributed by atoms with E-state index in [1.165, 1.54) is 18.2 Å². The topological polar surface area (TPSA) is 63.7 Å². The number of imide groups is 1. The molecule has 0 fully saturated rings. The third-order valence-corrected chi connectivity index (χ3v) is 4.20. The van der Waals surface area contributed by atoms with Crippen molar-refractivity contribution in [2.75, 3.05) is 11.5 Å². The Morgan fingerprint density at radius 2 is 1.77 bits per heavy atom. The molecule has 1 heterocycles. The lowest BCUT2D eigenvalue weighted by Crippen LogP contribution is -2.30. The van der Waals surface area contributed by atoms with Crippen LogP contribution in [0.5, 0.6) is 0 Å². The van der Waals surface area contributed by atoms with Crippen LogP contribution < -0.4 is 4.90 Å². The number of halogens is 1. The first-order valence-electron chi connectivity index (χ1n) is 7.90. The Hall–Kier alpha value is -2.92. The Morgan fingerprint density at radius 3 is 2.46 bits per heavy atom. The van der Waals surface area contributed by atoms with Gasteiger partial charge in [-0.05, 0) is 49.2 Å². The number of carbonyl (C=O) groups excluding carboxylic acids is 3. The number of carbonyl (C=O) groups is 3. The highest BCUT2D eigenvalue weighted by atomic mass is 35.5. The summed E-state index contributed by atoms with van der Waals surface area (Å²) in [6.45, 7) is 7.04. The summed E-state index contributed by atoms with van der Waals surface area (Å²) in [5.41, 5.74) is 2.90. The first kappa shape index (κ1) is 17.9. The van der Waals surface area contributed by atoms with E-state index in [2.05, 4.69) is 6.58 Å². The van der Waals surface area contributed by atoms with Gasteiger partial charge in [0.25, 0.3) is 11.8 Å². The van der Waals surface area contributed by atoms with Crippen LogP contribution in [0.2, 0.25) is 0 Å². The van der Waals surface area contributed by atoms with Crippen molar-refractivity contribution in [2.24, 2.45) is 0 Å². The van der Waals surface area contributed by atoms with Gasteiger partial charge in [0.1, 0.15) is 6.61 Å². The van der Waals surface area contributed by atoms with Crippen molar-refractivity contribution in [1.29, 1.82) is 0 Å². The molecule has 132 valence electrons. The predicted octanol–water partition coefficient (Wildman–Crippen LogP) is 4.01. The van der Waals surface area contributed by atoms with E-state index in [1.54, 1.807) is 6.07 Å². The Labute approximate surface area is 155 Å². The number of rotatable bonds is 4. The summed E-state index contributed by atoms with van der Waals surface area (Å²) in [5.74, 6) is -1.51. The fourth-order valence-electron chi connectivity index (χ4n) is 2.77. The van der Waals surface area contributed by atoms with Gasteiger partial charge in [0.05, 0.1) is 22.4 Å². The summed E-state index contributed by atoms with van der Waals surface area (Å²) in [5, 5.41) is 0.187. The molecule has 3 rings (SSSR count). The average molecular weight is 370 g/mol. The van der Waals surface area contributed by atoms with Gasteiger partial charge in [-0.15, -0.1) is 0 Å². The summed E-state index contributed by atoms with van der Waals surface area (Å²) in [6, 6.07) is 9.85. The molecule has 2 aromatic carbocycles. The minimum atomic E-state index is -0.639. The van der Waals surface area contributed by atoms with Crippen LogP contribution in [-0.4, -0.2) is 24.4 Å². The highest BCUT2D eigenvalue weighted by Crippen LogP contribution is 2.31. The molecule has 5 nitrogen and oxygen atoms in total. The molecule has 2 aromatic rings. The lowest BCUT2D eigenvalue weighted by Gasteiger charge is -2.17. The standard InChI is InChI=1S/C20H16ClNO4/c1-11-4-5-12(2)17(8-11)22-18(23)15-7-6-14(9-16(15)19(22)24)20(25)26-10-13(3)21/h4-9H,3,10H2,1-2H3. The molecule has 0 saturated heterocycles. The Kier molecular flexibility index (Phi) is 4.66. The largest absolute Gasteiger partial charge is 0.456 e. The molecule has 2 amide bonds. The van der Waals surface area contributed by atoms with Crippen LogP contribution in [0.4, 0.5) is 5.69 Å². The van der Waals surface area contributed by atoms with Crippen LogP contribution in [0.15, 0.2) is 48.0 Å². The fraction of sp³-hybridized carbons (Fsp3) is 0.150. The van der Waals surface area contributed by atoms with Gasteiger partial charge in [-0.25, -0.2) is 9.69 Å². The van der Waals surface area contributed by atoms with Crippen LogP contribution >= 0.6 is 11.6 Å². The smallest absolute Gasteiger partial charge is 0.338 e. The summed E-state index contributed by atoms with van der Waals surface area (Å²) in [6.07, 6.45) is 0. The zero-order chi connectivity index (χ0) is 19.0. The third kappa shape index (κ3) is 3.13. The number of fused-ring (bicyclic) bond motifs is 1. The molecular weight excluding hydrogens is 354 g/mol. The minimum Gasteiger partial charge on any atom is -0.456 e. The summed E-state index contributed by atoms with van der Waals surface area (Å²) in [7, 11) is 0. The Bertz CT molecular complexity index is 964. The van der Waals surface area contributed by atoms with Crippen molar-refractivity contribution >= 4 is 35.1 Å². The number of hydrogen-bond acceptors (Lipinski definition) is 4. The first-order chi connectivity index (χ1) is 12.3. The van der Waals surface area contributed by atoms with Crippen molar-refractivity contribution in [2.45, 2.75) is 13.8 Å². The number of anilines is 1. The molecule has 0 atom stereocenters. The van der Waals surface area contributed by atoms with Crippen molar-refractivity contribution in [3.05, 3.63) is 75.8 Å². The van der Waals surface area contributed by atoms with Crippen molar-refractivity contribution < 1.29 is 19.1 Å². The fourth-order valence-corrected chi connectivity index (χ4v) is 2.83. The lowest BCUT2D eigenvalue weighted by atomic mass is 10.1. The van der Waals surface area contributed by atoms with Crippen LogP contribution in [0.25, 0.3) is 0 Å². The van der Waals surface area contributed by atoms with Gasteiger partial charge >= 0.3 is 5.97 Å². The minimum absolute atomic E-state index is 0.126. The molecule has 0 spiro atoms. The van der Waals surface area contributed by atoms with E-state index in [-0.39, 0.29) is 28.3 Å². The van der Waals surface area contributed by atoms with Crippen LogP contribution in [-0.2, 0) is 4.74 Å². The molecule has 1 aliphatic rings. The van der Waals surface area contributed by atoms with Crippen LogP contribution in [0.3, 0.4) is 0 Å². The molecule has 6 heteroatoms. The maximum Gasteiger partial charge on any atom is 0.338 e. The molecule has 0 aromatic heterocycles. The first-order valence-corrected chi connectivity index (χ1v) is 8.28. The van der Waals surface area contributed by atoms with Crippen LogP contribution in [0.1, 0.15) is 42.2 Å². The quantitative estimate of drug-likeness (QED) is 0.603. The van der Waals surface area contributed by atoms with E-state index < -0.39 is 17.8 Å². The number of ether oxygens (including phenoxy) is 1. The van der Waals surface area contributed by atoms with Crippen molar-refractivity contribution in [1.82, 2.24) is 0 Å². The lowest BCUT2D eigenvalue weighted by molar-refractivity contribution is 0.0546. The second-order valence-electron chi connectivity index (χ2n) is 6.09. The number of hydrogen-bond donors (Lipinski definition) is 0. The van der Waals surface area contributed by atoms with Gasteiger partial charge in [0.15, 0.2) is 0 Å². The predicted molar refractivity (Wildman–Crippen MR) is 98.8 cm³/mol. The van der Waals surface area contributed by atoms with Gasteiger partial charge in [-0.3, -0.25) is 9.59 Å². The number of nitrogens with zero attached hydrogens (tertiary/aromatic N) is 1. The monoisotopic (exact) mass is 369 g/mol. The normalized spacial score (nSPS) is 13.0. The number of esters is 1. The molecule has 0 aliphatic carbocycles. The highest BCUT2D eigenvalue weighted by Gasteiger charge is 2.37. The molecular formula is C20H16ClNO4. The Balaban J connectivity index is 1.97. The number of aryl methyl sites for hydroxylation is 2. The van der Waals surface area contributed by atoms with E-state index in [9.17, 15) is 14.4 Å². The maximum atomic E-state index is 12.8. The van der Waals surface area contributed by atoms with Crippen LogP contribution in [0, 0.1) is 13.8 Å². The van der Waals surface area contributed by atoms with Gasteiger partial charge in [0.2, 0.25) is 0 Å². The highest BCUT2D eigenvalue weighted by molar-refractivity contribution is 6.35. The SMILES string of the molecule is C=C(Cl)COC(=O)c1ccc2c(c1)C(=O)N(c1cc(C)ccc1C)C2=O. The molecule has 0 radical (unpaired) electrons. The van der Waals surface area contributed by atoms with Gasteiger partial charge in [-0.2, -0.15) is 0 Å². The summed E-state index contributed by atoms with van der Waals surface area (Å²) in [4.78, 5) is 38.8. The molecule has 0 unspecified atom stereocenters. The van der Waals surface area contributed by atoms with Gasteiger partial charge in [0, 0.05) is 5.03 Å². The van der Waals surface area contributed by atoms with E-state index in [4.69, 9.17) is 16.3 Å². The van der Waals surface area contributed by atoms with Crippen molar-refractivity contribution in [3.8, 4) is 0 Å². The summed E-state index contributed by atoms with van der Waals surface area (Å²) < 4.78 is 4.98. The zero-order valence-corrected chi connectivity index (χ0v) is 15.1. The zero-order valence-electron chi connectivity index (χ0n) is 14.3. The molecule has 0 saturated carbocycles. The Morgan fingerprint density at radius 1 is 1.08 bits per heavy atom. The molecule has 1 aliphatic heterocycles. The molecule has 26 heavy (non-hydrogen) atoms. The van der Waals surface area contributed by atoms with E-state index >= 15 is 0 Å². The summed E-state index contributed by atoms with van der Waals surface area (Å²) >= 11 is 5.58. The van der Waals surface area contributed by atoms with E-state index in [1.807, 2.05) is 26.0 Å². The van der Waals surface area contributed by atoms with Gasteiger partial charge < -0.3 is 4.74 Å². The van der Waals surface area contributed by atoms with Crippen molar-refractivity contribution in [3.63, 3.8) is 0 Å². The molecule has 0 N–H and O–H groups in total. The number of amides is 2. The second kappa shape index (κ2) is 6.77. The van der Waals surface area contributed by atoms with E-state index in [0.29, 0.717) is 5.69 Å². The maximum absolute atomic E-state index is 12.8. The third-order valence-electron chi connectivity index (χ3n) is 4.09. The number of benzene rings is 2. The molecule has 0 bridgehead atoms. The second-order valence-corrected chi connectivity index (χ2v) is 6.62. The van der Waals surface area contributed by atoms with E-state index in [0.717, 1.165) is 16.0 Å².